The van der Waals surface area contributed by atoms with Gasteiger partial charge in [-0.2, -0.15) is 0 Å². The van der Waals surface area contributed by atoms with E-state index in [-0.39, 0.29) is 10.6 Å². The molecule has 5 nitrogen and oxygen atoms in total. The van der Waals surface area contributed by atoms with E-state index in [2.05, 4.69) is 19.2 Å². The van der Waals surface area contributed by atoms with E-state index in [1.54, 1.807) is 12.1 Å². The number of benzene rings is 1. The molecule has 3 N–H and O–H groups in total. The molecular weight excluding hydrogens is 276 g/mol. The lowest BCUT2D eigenvalue weighted by Gasteiger charge is -2.12. The molecule has 20 heavy (non-hydrogen) atoms. The molecule has 0 heterocycles. The maximum absolute atomic E-state index is 11.6. The quantitative estimate of drug-likeness (QED) is 0.568. The fourth-order valence-corrected chi connectivity index (χ4v) is 2.54. The van der Waals surface area contributed by atoms with Gasteiger partial charge in [0.15, 0.2) is 9.84 Å². The SMILES string of the molecule is CC(C)CCOCCNc1cccc(S(C)(=O)=O)c1N. The highest BCUT2D eigenvalue weighted by Crippen LogP contribution is 2.26. The predicted molar refractivity (Wildman–Crippen MR) is 82.7 cm³/mol. The van der Waals surface area contributed by atoms with Crippen LogP contribution in [0.4, 0.5) is 11.4 Å². The maximum atomic E-state index is 11.6. The monoisotopic (exact) mass is 300 g/mol. The van der Waals surface area contributed by atoms with Crippen molar-refractivity contribution in [2.24, 2.45) is 5.92 Å². The summed E-state index contributed by atoms with van der Waals surface area (Å²) < 4.78 is 28.6. The van der Waals surface area contributed by atoms with Gasteiger partial charge in [0.2, 0.25) is 0 Å². The Morgan fingerprint density at radius 2 is 2.00 bits per heavy atom. The standard InChI is InChI=1S/C14H24N2O3S/c1-11(2)7-9-19-10-8-16-12-5-4-6-13(14(12)15)20(3,17)18/h4-6,11,16H,7-10,15H2,1-3H3. The zero-order chi connectivity index (χ0) is 15.2. The Morgan fingerprint density at radius 3 is 2.60 bits per heavy atom. The first-order valence-corrected chi connectivity index (χ1v) is 8.61. The Bertz CT molecular complexity index is 527. The van der Waals surface area contributed by atoms with Crippen molar-refractivity contribution in [2.45, 2.75) is 25.2 Å². The second-order valence-electron chi connectivity index (χ2n) is 5.21. The third kappa shape index (κ3) is 5.38. The number of nitrogens with two attached hydrogens (primary N) is 1. The third-order valence-electron chi connectivity index (χ3n) is 2.87. The average molecular weight is 300 g/mol. The van der Waals surface area contributed by atoms with E-state index in [1.165, 1.54) is 6.07 Å². The molecular formula is C14H24N2O3S. The second kappa shape index (κ2) is 7.50. The van der Waals surface area contributed by atoms with E-state index in [1.807, 2.05) is 0 Å². The summed E-state index contributed by atoms with van der Waals surface area (Å²) >= 11 is 0. The molecule has 0 fully saturated rings. The smallest absolute Gasteiger partial charge is 0.177 e. The Kier molecular flexibility index (Phi) is 6.29. The van der Waals surface area contributed by atoms with Gasteiger partial charge >= 0.3 is 0 Å². The number of rotatable bonds is 8. The van der Waals surface area contributed by atoms with Crippen molar-refractivity contribution in [3.63, 3.8) is 0 Å². The molecule has 114 valence electrons. The van der Waals surface area contributed by atoms with Crippen molar-refractivity contribution in [1.82, 2.24) is 0 Å². The molecule has 0 aliphatic heterocycles. The van der Waals surface area contributed by atoms with Gasteiger partial charge in [-0.3, -0.25) is 0 Å². The number of hydrogen-bond donors (Lipinski definition) is 2. The van der Waals surface area contributed by atoms with Gasteiger partial charge in [0, 0.05) is 19.4 Å². The minimum Gasteiger partial charge on any atom is -0.396 e. The van der Waals surface area contributed by atoms with Crippen molar-refractivity contribution in [3.8, 4) is 0 Å². The van der Waals surface area contributed by atoms with Crippen LogP contribution in [0.5, 0.6) is 0 Å². The van der Waals surface area contributed by atoms with Crippen LogP contribution in [0, 0.1) is 5.92 Å². The van der Waals surface area contributed by atoms with Crippen molar-refractivity contribution in [2.75, 3.05) is 37.1 Å². The number of nitrogens with one attached hydrogen (secondary N) is 1. The van der Waals surface area contributed by atoms with Crippen LogP contribution in [0.2, 0.25) is 0 Å². The summed E-state index contributed by atoms with van der Waals surface area (Å²) in [6.07, 6.45) is 2.18. The Morgan fingerprint density at radius 1 is 1.30 bits per heavy atom. The topological polar surface area (TPSA) is 81.4 Å². The van der Waals surface area contributed by atoms with Gasteiger partial charge in [0.05, 0.1) is 22.9 Å². The van der Waals surface area contributed by atoms with Crippen LogP contribution in [-0.4, -0.2) is 34.4 Å². The molecule has 6 heteroatoms. The lowest BCUT2D eigenvalue weighted by molar-refractivity contribution is 0.132. The lowest BCUT2D eigenvalue weighted by atomic mass is 10.1. The van der Waals surface area contributed by atoms with Gasteiger partial charge in [-0.15, -0.1) is 0 Å². The molecule has 1 rings (SSSR count). The predicted octanol–water partition coefficient (Wildman–Crippen LogP) is 2.15. The highest BCUT2D eigenvalue weighted by Gasteiger charge is 2.13. The summed E-state index contributed by atoms with van der Waals surface area (Å²) in [5.74, 6) is 0.630. The Labute approximate surface area is 121 Å². The number of hydrogen-bond acceptors (Lipinski definition) is 5. The second-order valence-corrected chi connectivity index (χ2v) is 7.20. The minimum atomic E-state index is -3.30. The van der Waals surface area contributed by atoms with Gasteiger partial charge < -0.3 is 15.8 Å². The fourth-order valence-electron chi connectivity index (χ4n) is 1.70. The van der Waals surface area contributed by atoms with E-state index in [0.29, 0.717) is 24.8 Å². The molecule has 0 aromatic heterocycles. The first-order chi connectivity index (χ1) is 9.32. The van der Waals surface area contributed by atoms with Crippen molar-refractivity contribution in [3.05, 3.63) is 18.2 Å². The molecule has 0 spiro atoms. The number of ether oxygens (including phenoxy) is 1. The third-order valence-corrected chi connectivity index (χ3v) is 4.02. The maximum Gasteiger partial charge on any atom is 0.177 e. The van der Waals surface area contributed by atoms with E-state index < -0.39 is 9.84 Å². The van der Waals surface area contributed by atoms with Gasteiger partial charge in [-0.05, 0) is 24.5 Å². The molecule has 1 aromatic rings. The summed E-state index contributed by atoms with van der Waals surface area (Å²) in [5.41, 5.74) is 6.75. The molecule has 0 bridgehead atoms. The van der Waals surface area contributed by atoms with E-state index in [4.69, 9.17) is 10.5 Å². The van der Waals surface area contributed by atoms with Crippen LogP contribution >= 0.6 is 0 Å². The molecule has 1 aromatic carbocycles. The number of para-hydroxylation sites is 1. The largest absolute Gasteiger partial charge is 0.396 e. The molecule has 0 saturated heterocycles. The minimum absolute atomic E-state index is 0.156. The molecule has 0 amide bonds. The van der Waals surface area contributed by atoms with Gasteiger partial charge in [-0.1, -0.05) is 19.9 Å². The molecule has 0 unspecified atom stereocenters. The lowest BCUT2D eigenvalue weighted by Crippen LogP contribution is -2.13. The zero-order valence-electron chi connectivity index (χ0n) is 12.3. The van der Waals surface area contributed by atoms with Crippen molar-refractivity contribution in [1.29, 1.82) is 0 Å². The Hall–Kier alpha value is -1.27. The normalized spacial score (nSPS) is 11.8. The average Bonchev–Trinajstić information content (AvgIpc) is 2.33. The molecule has 0 atom stereocenters. The van der Waals surface area contributed by atoms with E-state index in [0.717, 1.165) is 19.3 Å². The Balaban J connectivity index is 2.49. The highest BCUT2D eigenvalue weighted by atomic mass is 32.2. The molecule has 0 radical (unpaired) electrons. The van der Waals surface area contributed by atoms with Gasteiger partial charge in [0.1, 0.15) is 0 Å². The van der Waals surface area contributed by atoms with Crippen molar-refractivity contribution >= 4 is 21.2 Å². The van der Waals surface area contributed by atoms with Crippen LogP contribution < -0.4 is 11.1 Å². The zero-order valence-corrected chi connectivity index (χ0v) is 13.2. The van der Waals surface area contributed by atoms with Crippen LogP contribution in [-0.2, 0) is 14.6 Å². The summed E-state index contributed by atoms with van der Waals surface area (Å²) in [6, 6.07) is 4.95. The van der Waals surface area contributed by atoms with Crippen molar-refractivity contribution < 1.29 is 13.2 Å². The van der Waals surface area contributed by atoms with Crippen LogP contribution in [0.1, 0.15) is 20.3 Å². The van der Waals surface area contributed by atoms with E-state index >= 15 is 0 Å². The number of nitrogen functional groups attached to an aromatic ring is 1. The first-order valence-electron chi connectivity index (χ1n) is 6.72. The number of anilines is 2. The summed E-state index contributed by atoms with van der Waals surface area (Å²) in [4.78, 5) is 0.156. The first kappa shape index (κ1) is 16.8. The summed E-state index contributed by atoms with van der Waals surface area (Å²) in [5, 5.41) is 3.10. The fraction of sp³-hybridized carbons (Fsp3) is 0.571. The van der Waals surface area contributed by atoms with Crippen LogP contribution in [0.25, 0.3) is 0 Å². The number of sulfone groups is 1. The highest BCUT2D eigenvalue weighted by molar-refractivity contribution is 7.90. The van der Waals surface area contributed by atoms with E-state index in [9.17, 15) is 8.42 Å². The molecule has 0 saturated carbocycles. The van der Waals surface area contributed by atoms with Crippen LogP contribution in [0.15, 0.2) is 23.1 Å². The summed E-state index contributed by atoms with van der Waals surface area (Å²) in [6.45, 7) is 6.20. The molecule has 0 aliphatic carbocycles. The molecule has 0 aliphatic rings. The van der Waals surface area contributed by atoms with Gasteiger partial charge in [0.25, 0.3) is 0 Å². The summed E-state index contributed by atoms with van der Waals surface area (Å²) in [7, 11) is -3.30. The van der Waals surface area contributed by atoms with Gasteiger partial charge in [-0.25, -0.2) is 8.42 Å². The van der Waals surface area contributed by atoms with Crippen LogP contribution in [0.3, 0.4) is 0 Å².